The monoisotopic (exact) mass is 423 g/mol. The molecule has 0 atom stereocenters. The van der Waals surface area contributed by atoms with Gasteiger partial charge in [0.2, 0.25) is 5.91 Å². The van der Waals surface area contributed by atoms with Crippen LogP contribution in [-0.4, -0.2) is 36.6 Å². The second-order valence-corrected chi connectivity index (χ2v) is 7.56. The minimum absolute atomic E-state index is 0.0651. The Morgan fingerprint density at radius 1 is 1.27 bits per heavy atom. The van der Waals surface area contributed by atoms with Gasteiger partial charge in [-0.25, -0.2) is 0 Å². The molecule has 0 spiro atoms. The van der Waals surface area contributed by atoms with Gasteiger partial charge in [-0.1, -0.05) is 35.9 Å². The molecule has 30 heavy (non-hydrogen) atoms. The average molecular weight is 424 g/mol. The number of ether oxygens (including phenoxy) is 1. The van der Waals surface area contributed by atoms with Crippen molar-refractivity contribution >= 4 is 51.7 Å². The third-order valence-corrected chi connectivity index (χ3v) is 5.28. The Morgan fingerprint density at radius 2 is 2.10 bits per heavy atom. The summed E-state index contributed by atoms with van der Waals surface area (Å²) in [6.45, 7) is 1.39. The van der Waals surface area contributed by atoms with Crippen LogP contribution in [-0.2, 0) is 20.9 Å². The highest BCUT2D eigenvalue weighted by Gasteiger charge is 2.24. The maximum absolute atomic E-state index is 12.5. The van der Waals surface area contributed by atoms with Crippen LogP contribution in [0.2, 0.25) is 5.02 Å². The molecule has 1 aliphatic heterocycles. The van der Waals surface area contributed by atoms with Crippen molar-refractivity contribution < 1.29 is 14.3 Å². The summed E-state index contributed by atoms with van der Waals surface area (Å²) in [7, 11) is 1.64. The molecule has 6 nitrogen and oxygen atoms in total. The number of anilines is 1. The summed E-state index contributed by atoms with van der Waals surface area (Å²) >= 11 is 6.04. The van der Waals surface area contributed by atoms with Gasteiger partial charge in [-0.2, -0.15) is 0 Å². The Kier molecular flexibility index (Phi) is 5.88. The van der Waals surface area contributed by atoms with Crippen molar-refractivity contribution in [1.82, 2.24) is 9.88 Å². The zero-order valence-corrected chi connectivity index (χ0v) is 17.3. The first-order chi connectivity index (χ1) is 14.6. The molecular formula is C23H22ClN3O3. The van der Waals surface area contributed by atoms with Crippen LogP contribution in [0.5, 0.6) is 0 Å². The number of para-hydroxylation sites is 1. The number of nitrogens with zero attached hydrogens (tertiary/aromatic N) is 1. The Hall–Kier alpha value is -3.09. The van der Waals surface area contributed by atoms with E-state index in [-0.39, 0.29) is 18.4 Å². The normalized spacial score (nSPS) is 14.2. The van der Waals surface area contributed by atoms with Crippen molar-refractivity contribution in [3.63, 3.8) is 0 Å². The third-order valence-electron chi connectivity index (χ3n) is 5.05. The zero-order chi connectivity index (χ0) is 21.1. The van der Waals surface area contributed by atoms with E-state index in [1.807, 2.05) is 47.2 Å². The van der Waals surface area contributed by atoms with E-state index in [2.05, 4.69) is 10.6 Å². The van der Waals surface area contributed by atoms with Crippen LogP contribution in [0.25, 0.3) is 22.6 Å². The fraction of sp³-hybridized carbons (Fsp3) is 0.217. The van der Waals surface area contributed by atoms with E-state index in [0.29, 0.717) is 29.4 Å². The van der Waals surface area contributed by atoms with Gasteiger partial charge in [-0.15, -0.1) is 0 Å². The molecule has 4 rings (SSSR count). The molecule has 2 aromatic carbocycles. The number of aromatic nitrogens is 1. The largest absolute Gasteiger partial charge is 0.385 e. The Balaban J connectivity index is 1.64. The highest BCUT2D eigenvalue weighted by atomic mass is 35.5. The summed E-state index contributed by atoms with van der Waals surface area (Å²) in [5.41, 5.74) is 3.92. The highest BCUT2D eigenvalue weighted by molar-refractivity contribution is 6.36. The molecule has 154 valence electrons. The molecule has 0 unspecified atom stereocenters. The lowest BCUT2D eigenvalue weighted by Crippen LogP contribution is -2.28. The van der Waals surface area contributed by atoms with Crippen molar-refractivity contribution in [3.05, 3.63) is 64.8 Å². The van der Waals surface area contributed by atoms with Gasteiger partial charge in [0.25, 0.3) is 5.91 Å². The number of rotatable bonds is 7. The predicted molar refractivity (Wildman–Crippen MR) is 119 cm³/mol. The summed E-state index contributed by atoms with van der Waals surface area (Å²) in [6.07, 6.45) is 4.54. The molecule has 0 bridgehead atoms. The minimum Gasteiger partial charge on any atom is -0.385 e. The van der Waals surface area contributed by atoms with Gasteiger partial charge in [0.15, 0.2) is 0 Å². The lowest BCUT2D eigenvalue weighted by molar-refractivity contribution is -0.121. The number of nitrogens with one attached hydrogen (secondary N) is 2. The van der Waals surface area contributed by atoms with Gasteiger partial charge < -0.3 is 19.9 Å². The SMILES string of the molecule is COCCCNC(=O)Cn1cc(/C=C2/C(=O)Nc3cc(Cl)ccc32)c2ccccc21. The molecule has 0 saturated heterocycles. The number of hydrogen-bond donors (Lipinski definition) is 2. The summed E-state index contributed by atoms with van der Waals surface area (Å²) in [4.78, 5) is 24.9. The van der Waals surface area contributed by atoms with Gasteiger partial charge in [0.05, 0.1) is 5.69 Å². The number of halogens is 1. The summed E-state index contributed by atoms with van der Waals surface area (Å²) in [5, 5.41) is 7.31. The molecule has 1 aromatic heterocycles. The standard InChI is InChI=1S/C23H22ClN3O3/c1-30-10-4-9-25-22(28)14-27-13-15(17-5-2-3-6-21(17)27)11-19-18-8-7-16(24)12-20(18)26-23(19)29/h2-3,5-8,11-13H,4,9-10,14H2,1H3,(H,25,28)(H,26,29)/b19-11+. The minimum atomic E-state index is -0.167. The van der Waals surface area contributed by atoms with Gasteiger partial charge in [-0.3, -0.25) is 9.59 Å². The van der Waals surface area contributed by atoms with E-state index in [4.69, 9.17) is 16.3 Å². The van der Waals surface area contributed by atoms with Crippen molar-refractivity contribution in [2.75, 3.05) is 25.6 Å². The molecule has 3 aromatic rings. The quantitative estimate of drug-likeness (QED) is 0.446. The van der Waals surface area contributed by atoms with Gasteiger partial charge in [-0.05, 0) is 30.7 Å². The van der Waals surface area contributed by atoms with Crippen LogP contribution in [0.3, 0.4) is 0 Å². The second-order valence-electron chi connectivity index (χ2n) is 7.13. The first-order valence-corrected chi connectivity index (χ1v) is 10.1. The molecule has 0 aliphatic carbocycles. The lowest BCUT2D eigenvalue weighted by atomic mass is 10.0. The van der Waals surface area contributed by atoms with E-state index in [1.54, 1.807) is 19.2 Å². The Bertz CT molecular complexity index is 1150. The molecule has 2 N–H and O–H groups in total. The van der Waals surface area contributed by atoms with Crippen LogP contribution in [0.1, 0.15) is 17.5 Å². The van der Waals surface area contributed by atoms with Crippen LogP contribution < -0.4 is 10.6 Å². The Labute approximate surface area is 179 Å². The summed E-state index contributed by atoms with van der Waals surface area (Å²) in [5.74, 6) is -0.232. The van der Waals surface area contributed by atoms with E-state index in [9.17, 15) is 9.59 Å². The van der Waals surface area contributed by atoms with Crippen LogP contribution in [0, 0.1) is 0 Å². The van der Waals surface area contributed by atoms with Crippen molar-refractivity contribution in [2.45, 2.75) is 13.0 Å². The summed E-state index contributed by atoms with van der Waals surface area (Å²) in [6, 6.07) is 13.2. The van der Waals surface area contributed by atoms with Gasteiger partial charge in [0.1, 0.15) is 6.54 Å². The maximum atomic E-state index is 12.5. The molecule has 0 fully saturated rings. The van der Waals surface area contributed by atoms with Gasteiger partial charge >= 0.3 is 0 Å². The van der Waals surface area contributed by atoms with Gasteiger partial charge in [0, 0.05) is 59.1 Å². The second kappa shape index (κ2) is 8.73. The molecule has 0 saturated carbocycles. The lowest BCUT2D eigenvalue weighted by Gasteiger charge is -2.07. The molecule has 1 aliphatic rings. The van der Waals surface area contributed by atoms with Crippen LogP contribution >= 0.6 is 11.6 Å². The fourth-order valence-corrected chi connectivity index (χ4v) is 3.81. The number of benzene rings is 2. The molecule has 2 amide bonds. The third kappa shape index (κ3) is 4.10. The van der Waals surface area contributed by atoms with E-state index in [1.165, 1.54) is 0 Å². The van der Waals surface area contributed by atoms with Crippen molar-refractivity contribution in [2.24, 2.45) is 0 Å². The van der Waals surface area contributed by atoms with E-state index in [0.717, 1.165) is 28.5 Å². The number of hydrogen-bond acceptors (Lipinski definition) is 3. The average Bonchev–Trinajstić information content (AvgIpc) is 3.23. The smallest absolute Gasteiger partial charge is 0.256 e. The van der Waals surface area contributed by atoms with Crippen molar-refractivity contribution in [1.29, 1.82) is 0 Å². The van der Waals surface area contributed by atoms with Crippen LogP contribution in [0.4, 0.5) is 5.69 Å². The topological polar surface area (TPSA) is 72.4 Å². The number of carbonyl (C=O) groups is 2. The number of amides is 2. The Morgan fingerprint density at radius 3 is 2.93 bits per heavy atom. The first kappa shape index (κ1) is 20.2. The molecule has 7 heteroatoms. The van der Waals surface area contributed by atoms with Crippen LogP contribution in [0.15, 0.2) is 48.7 Å². The molecule has 0 radical (unpaired) electrons. The van der Waals surface area contributed by atoms with E-state index >= 15 is 0 Å². The molecule has 2 heterocycles. The summed E-state index contributed by atoms with van der Waals surface area (Å²) < 4.78 is 6.91. The number of fused-ring (bicyclic) bond motifs is 2. The van der Waals surface area contributed by atoms with E-state index < -0.39 is 0 Å². The molecular weight excluding hydrogens is 402 g/mol. The fourth-order valence-electron chi connectivity index (χ4n) is 3.64. The zero-order valence-electron chi connectivity index (χ0n) is 16.6. The predicted octanol–water partition coefficient (Wildman–Crippen LogP) is 3.94. The number of carbonyl (C=O) groups excluding carboxylic acids is 2. The first-order valence-electron chi connectivity index (χ1n) is 9.73. The highest BCUT2D eigenvalue weighted by Crippen LogP contribution is 2.36. The van der Waals surface area contributed by atoms with Crippen molar-refractivity contribution in [3.8, 4) is 0 Å². The maximum Gasteiger partial charge on any atom is 0.256 e. The number of methoxy groups -OCH3 is 1.